The zero-order valence-corrected chi connectivity index (χ0v) is 9.85. The fourth-order valence-electron chi connectivity index (χ4n) is 1.64. The van der Waals surface area contributed by atoms with Gasteiger partial charge in [0.2, 0.25) is 0 Å². The van der Waals surface area contributed by atoms with Gasteiger partial charge < -0.3 is 5.32 Å². The Bertz CT molecular complexity index is 362. The zero-order valence-electron chi connectivity index (χ0n) is 8.28. The van der Waals surface area contributed by atoms with Gasteiger partial charge in [0.05, 0.1) is 16.9 Å². The van der Waals surface area contributed by atoms with Crippen molar-refractivity contribution in [2.45, 2.75) is 18.9 Å². The van der Waals surface area contributed by atoms with E-state index in [1.165, 1.54) is 0 Å². The van der Waals surface area contributed by atoms with Crippen LogP contribution in [-0.2, 0) is 10.8 Å². The monoisotopic (exact) mass is 244 g/mol. The summed E-state index contributed by atoms with van der Waals surface area (Å²) in [5.74, 6) is 1.57. The lowest BCUT2D eigenvalue weighted by Crippen LogP contribution is -2.29. The summed E-state index contributed by atoms with van der Waals surface area (Å²) in [5.41, 5.74) is 0.872. The van der Waals surface area contributed by atoms with Crippen LogP contribution >= 0.6 is 11.6 Å². The number of hydrogen-bond donors (Lipinski definition) is 1. The molecule has 0 unspecified atom stereocenters. The Labute approximate surface area is 96.7 Å². The van der Waals surface area contributed by atoms with Crippen LogP contribution in [0.4, 0.5) is 5.69 Å². The fraction of sp³-hybridized carbons (Fsp3) is 0.500. The molecule has 0 spiro atoms. The molecule has 1 aromatic rings. The van der Waals surface area contributed by atoms with Crippen molar-refractivity contribution in [3.63, 3.8) is 0 Å². The number of rotatable bonds is 2. The van der Waals surface area contributed by atoms with E-state index in [0.29, 0.717) is 11.1 Å². The number of nitrogens with zero attached hydrogens (tertiary/aromatic N) is 1. The molecule has 0 atom stereocenters. The van der Waals surface area contributed by atoms with Gasteiger partial charge in [-0.15, -0.1) is 0 Å². The smallest absolute Gasteiger partial charge is 0.0718 e. The van der Waals surface area contributed by atoms with Gasteiger partial charge in [-0.2, -0.15) is 0 Å². The van der Waals surface area contributed by atoms with Crippen molar-refractivity contribution in [3.05, 3.63) is 23.5 Å². The molecule has 0 aromatic carbocycles. The van der Waals surface area contributed by atoms with Gasteiger partial charge in [-0.05, 0) is 18.9 Å². The van der Waals surface area contributed by atoms with Crippen LogP contribution in [0.1, 0.15) is 12.8 Å². The molecule has 2 rings (SSSR count). The SMILES string of the molecule is O=S1CCC(Nc2cnccc2Cl)CC1. The first-order chi connectivity index (χ1) is 7.25. The quantitative estimate of drug-likeness (QED) is 0.866. The normalized spacial score (nSPS) is 26.2. The third-order valence-corrected chi connectivity index (χ3v) is 4.23. The Morgan fingerprint density at radius 3 is 2.87 bits per heavy atom. The van der Waals surface area contributed by atoms with Gasteiger partial charge in [-0.25, -0.2) is 0 Å². The minimum absolute atomic E-state index is 0.379. The van der Waals surface area contributed by atoms with Gasteiger partial charge in [0.1, 0.15) is 0 Å². The maximum absolute atomic E-state index is 11.2. The standard InChI is InChI=1S/C10H13ClN2OS/c11-9-1-4-12-7-10(9)13-8-2-5-15(14)6-3-8/h1,4,7-8,13H,2-3,5-6H2. The average Bonchev–Trinajstić information content (AvgIpc) is 2.25. The summed E-state index contributed by atoms with van der Waals surface area (Å²) in [6, 6.07) is 2.15. The number of aromatic nitrogens is 1. The average molecular weight is 245 g/mol. The highest BCUT2D eigenvalue weighted by Crippen LogP contribution is 2.22. The maximum atomic E-state index is 11.2. The van der Waals surface area contributed by atoms with Crippen LogP contribution in [0.15, 0.2) is 18.5 Å². The number of pyridine rings is 1. The maximum Gasteiger partial charge on any atom is 0.0718 e. The van der Waals surface area contributed by atoms with Crippen LogP contribution in [0, 0.1) is 0 Å². The van der Waals surface area contributed by atoms with Gasteiger partial charge in [0.25, 0.3) is 0 Å². The Kier molecular flexibility index (Phi) is 3.59. The summed E-state index contributed by atoms with van der Waals surface area (Å²) in [4.78, 5) is 4.02. The number of nitrogens with one attached hydrogen (secondary N) is 1. The molecule has 0 saturated carbocycles. The molecule has 1 aliphatic heterocycles. The number of anilines is 1. The third kappa shape index (κ3) is 2.92. The van der Waals surface area contributed by atoms with Crippen molar-refractivity contribution in [3.8, 4) is 0 Å². The predicted molar refractivity (Wildman–Crippen MR) is 63.8 cm³/mol. The van der Waals surface area contributed by atoms with Gasteiger partial charge in [0.15, 0.2) is 0 Å². The van der Waals surface area contributed by atoms with Crippen LogP contribution in [0.5, 0.6) is 0 Å². The Balaban J connectivity index is 1.97. The lowest BCUT2D eigenvalue weighted by atomic mass is 10.1. The van der Waals surface area contributed by atoms with E-state index in [2.05, 4.69) is 10.3 Å². The molecule has 3 nitrogen and oxygen atoms in total. The molecule has 5 heteroatoms. The summed E-state index contributed by atoms with van der Waals surface area (Å²) >= 11 is 6.01. The lowest BCUT2D eigenvalue weighted by Gasteiger charge is -2.23. The summed E-state index contributed by atoms with van der Waals surface area (Å²) < 4.78 is 11.2. The molecule has 0 radical (unpaired) electrons. The van der Waals surface area contributed by atoms with E-state index in [9.17, 15) is 4.21 Å². The molecule has 1 N–H and O–H groups in total. The van der Waals surface area contributed by atoms with Crippen molar-refractivity contribution in [2.75, 3.05) is 16.8 Å². The Morgan fingerprint density at radius 2 is 2.20 bits per heavy atom. The first-order valence-electron chi connectivity index (χ1n) is 4.97. The highest BCUT2D eigenvalue weighted by molar-refractivity contribution is 7.85. The third-order valence-electron chi connectivity index (χ3n) is 2.52. The zero-order chi connectivity index (χ0) is 10.7. The topological polar surface area (TPSA) is 42.0 Å². The second kappa shape index (κ2) is 4.94. The minimum Gasteiger partial charge on any atom is -0.380 e. The van der Waals surface area contributed by atoms with Crippen molar-refractivity contribution in [1.82, 2.24) is 4.98 Å². The highest BCUT2D eigenvalue weighted by atomic mass is 35.5. The predicted octanol–water partition coefficient (Wildman–Crippen LogP) is 2.06. The van der Waals surface area contributed by atoms with Crippen molar-refractivity contribution < 1.29 is 4.21 Å². The van der Waals surface area contributed by atoms with Crippen LogP contribution in [0.25, 0.3) is 0 Å². The molecule has 0 aliphatic carbocycles. The van der Waals surface area contributed by atoms with Crippen LogP contribution < -0.4 is 5.32 Å². The summed E-state index contributed by atoms with van der Waals surface area (Å²) in [6.07, 6.45) is 5.28. The van der Waals surface area contributed by atoms with Crippen LogP contribution in [0.2, 0.25) is 5.02 Å². The van der Waals surface area contributed by atoms with E-state index in [1.807, 2.05) is 0 Å². The molecule has 1 saturated heterocycles. The van der Waals surface area contributed by atoms with E-state index in [0.717, 1.165) is 30.0 Å². The second-order valence-corrected chi connectivity index (χ2v) is 5.73. The van der Waals surface area contributed by atoms with Gasteiger partial charge in [-0.3, -0.25) is 9.19 Å². The molecule has 1 aromatic heterocycles. The van der Waals surface area contributed by atoms with Crippen molar-refractivity contribution in [1.29, 1.82) is 0 Å². The number of halogens is 1. The molecule has 15 heavy (non-hydrogen) atoms. The lowest BCUT2D eigenvalue weighted by molar-refractivity contribution is 0.624. The van der Waals surface area contributed by atoms with Crippen molar-refractivity contribution >= 4 is 28.1 Å². The largest absolute Gasteiger partial charge is 0.380 e. The molecular formula is C10H13ClN2OS. The number of hydrogen-bond acceptors (Lipinski definition) is 3. The first kappa shape index (κ1) is 10.9. The highest BCUT2D eigenvalue weighted by Gasteiger charge is 2.18. The summed E-state index contributed by atoms with van der Waals surface area (Å²) in [7, 11) is -0.613. The molecule has 1 aliphatic rings. The molecule has 2 heterocycles. The summed E-state index contributed by atoms with van der Waals surface area (Å²) in [6.45, 7) is 0. The van der Waals surface area contributed by atoms with E-state index in [-0.39, 0.29) is 0 Å². The molecule has 0 amide bonds. The van der Waals surface area contributed by atoms with Crippen LogP contribution in [-0.4, -0.2) is 26.7 Å². The molecule has 1 fully saturated rings. The van der Waals surface area contributed by atoms with E-state index in [1.54, 1.807) is 18.5 Å². The van der Waals surface area contributed by atoms with Crippen LogP contribution in [0.3, 0.4) is 0 Å². The molecular weight excluding hydrogens is 232 g/mol. The summed E-state index contributed by atoms with van der Waals surface area (Å²) in [5, 5.41) is 4.03. The molecule has 82 valence electrons. The Morgan fingerprint density at radius 1 is 1.47 bits per heavy atom. The fourth-order valence-corrected chi connectivity index (χ4v) is 3.10. The molecule has 0 bridgehead atoms. The second-order valence-electron chi connectivity index (χ2n) is 3.62. The Hall–Kier alpha value is -0.610. The minimum atomic E-state index is -0.613. The van der Waals surface area contributed by atoms with E-state index < -0.39 is 10.8 Å². The van der Waals surface area contributed by atoms with Gasteiger partial charge in [-0.1, -0.05) is 11.6 Å². The van der Waals surface area contributed by atoms with E-state index >= 15 is 0 Å². The first-order valence-corrected chi connectivity index (χ1v) is 6.83. The van der Waals surface area contributed by atoms with Gasteiger partial charge >= 0.3 is 0 Å². The van der Waals surface area contributed by atoms with Gasteiger partial charge in [0, 0.05) is 34.5 Å². The van der Waals surface area contributed by atoms with E-state index in [4.69, 9.17) is 11.6 Å². The van der Waals surface area contributed by atoms with Crippen molar-refractivity contribution in [2.24, 2.45) is 0 Å².